The third-order valence-electron chi connectivity index (χ3n) is 9.25. The number of amides is 2. The van der Waals surface area contributed by atoms with E-state index in [4.69, 9.17) is 23.2 Å². The summed E-state index contributed by atoms with van der Waals surface area (Å²) in [5.41, 5.74) is 2.50. The van der Waals surface area contributed by atoms with Crippen molar-refractivity contribution in [3.05, 3.63) is 63.6 Å². The normalized spacial score (nSPS) is 25.9. The van der Waals surface area contributed by atoms with E-state index < -0.39 is 28.5 Å². The van der Waals surface area contributed by atoms with Crippen LogP contribution in [0.5, 0.6) is 0 Å². The largest absolute Gasteiger partial charge is 0.357 e. The van der Waals surface area contributed by atoms with Gasteiger partial charge in [-0.3, -0.25) is 13.9 Å². The fourth-order valence-electron chi connectivity index (χ4n) is 7.68. The molecule has 4 bridgehead atoms. The van der Waals surface area contributed by atoms with Crippen molar-refractivity contribution in [1.29, 1.82) is 0 Å². The van der Waals surface area contributed by atoms with Crippen molar-refractivity contribution >= 4 is 50.7 Å². The van der Waals surface area contributed by atoms with Crippen LogP contribution in [0.4, 0.5) is 5.69 Å². The molecule has 4 fully saturated rings. The van der Waals surface area contributed by atoms with Gasteiger partial charge >= 0.3 is 0 Å². The van der Waals surface area contributed by atoms with Gasteiger partial charge in [-0.15, -0.1) is 0 Å². The molecule has 0 aromatic heterocycles. The zero-order chi connectivity index (χ0) is 28.8. The van der Waals surface area contributed by atoms with Gasteiger partial charge in [0.15, 0.2) is 0 Å². The minimum atomic E-state index is -3.80. The minimum absolute atomic E-state index is 0.0198. The van der Waals surface area contributed by atoms with Crippen LogP contribution in [0, 0.1) is 17.8 Å². The Bertz CT molecular complexity index is 1360. The molecule has 0 radical (unpaired) electrons. The first-order chi connectivity index (χ1) is 18.9. The summed E-state index contributed by atoms with van der Waals surface area (Å²) in [6.07, 6.45) is 8.80. The van der Waals surface area contributed by atoms with Crippen LogP contribution >= 0.6 is 23.2 Å². The fourth-order valence-corrected chi connectivity index (χ4v) is 9.00. The minimum Gasteiger partial charge on any atom is -0.357 e. The van der Waals surface area contributed by atoms with Gasteiger partial charge in [-0.2, -0.15) is 0 Å². The van der Waals surface area contributed by atoms with Crippen LogP contribution in [0.3, 0.4) is 0 Å². The van der Waals surface area contributed by atoms with Crippen LogP contribution in [0.1, 0.15) is 56.6 Å². The second kappa shape index (κ2) is 11.2. The van der Waals surface area contributed by atoms with Crippen LogP contribution < -0.4 is 9.62 Å². The third-order valence-corrected chi connectivity index (χ3v) is 11.0. The third kappa shape index (κ3) is 5.86. The standard InChI is InChI=1S/C30H37Cl2N3O4S/c1-19(29(37)33-2)34(17-23-4-7-25(31)13-27(23)32)28(36)18-35(40(3,38)39)26-8-5-24(6-9-26)30-14-20-10-21(15-30)12-22(11-20)16-30/h4-9,13,19-22H,10-12,14-18H2,1-3H3,(H,33,37)/t19-,20?,21?,22?,30?/m0/s1. The summed E-state index contributed by atoms with van der Waals surface area (Å²) in [6, 6.07) is 11.8. The predicted octanol–water partition coefficient (Wildman–Crippen LogP) is 5.39. The topological polar surface area (TPSA) is 86.8 Å². The van der Waals surface area contributed by atoms with E-state index >= 15 is 0 Å². The van der Waals surface area contributed by atoms with Gasteiger partial charge in [-0.05, 0) is 104 Å². The molecule has 2 amide bonds. The van der Waals surface area contributed by atoms with Gasteiger partial charge in [-0.25, -0.2) is 8.42 Å². The number of likely N-dealkylation sites (N-methyl/N-ethyl adjacent to an activating group) is 1. The first-order valence-corrected chi connectivity index (χ1v) is 16.5. The van der Waals surface area contributed by atoms with Crippen molar-refractivity contribution in [3.8, 4) is 0 Å². The molecule has 40 heavy (non-hydrogen) atoms. The fraction of sp³-hybridized carbons (Fsp3) is 0.533. The van der Waals surface area contributed by atoms with E-state index in [1.807, 2.05) is 12.1 Å². The van der Waals surface area contributed by atoms with Crippen molar-refractivity contribution in [2.45, 2.75) is 63.5 Å². The lowest BCUT2D eigenvalue weighted by molar-refractivity contribution is -0.139. The van der Waals surface area contributed by atoms with Crippen LogP contribution in [0.2, 0.25) is 10.0 Å². The van der Waals surface area contributed by atoms with Gasteiger partial charge in [0.2, 0.25) is 21.8 Å². The lowest BCUT2D eigenvalue weighted by atomic mass is 9.48. The molecule has 2 aromatic carbocycles. The predicted molar refractivity (Wildman–Crippen MR) is 159 cm³/mol. The molecule has 6 rings (SSSR count). The molecule has 0 heterocycles. The summed E-state index contributed by atoms with van der Waals surface area (Å²) in [6.45, 7) is 1.18. The van der Waals surface area contributed by atoms with E-state index in [2.05, 4.69) is 17.4 Å². The summed E-state index contributed by atoms with van der Waals surface area (Å²) < 4.78 is 27.0. The monoisotopic (exact) mass is 605 g/mol. The number of benzene rings is 2. The van der Waals surface area contributed by atoms with E-state index in [1.165, 1.54) is 56.0 Å². The molecule has 4 saturated carbocycles. The Morgan fingerprint density at radius 1 is 1.00 bits per heavy atom. The smallest absolute Gasteiger partial charge is 0.244 e. The maximum atomic E-state index is 13.7. The molecule has 0 aliphatic heterocycles. The Morgan fingerprint density at radius 3 is 2.08 bits per heavy atom. The maximum absolute atomic E-state index is 13.7. The quantitative estimate of drug-likeness (QED) is 0.415. The summed E-state index contributed by atoms with van der Waals surface area (Å²) in [4.78, 5) is 27.6. The van der Waals surface area contributed by atoms with Gasteiger partial charge in [0, 0.05) is 23.6 Å². The van der Waals surface area contributed by atoms with E-state index in [9.17, 15) is 18.0 Å². The number of anilines is 1. The van der Waals surface area contributed by atoms with Gasteiger partial charge in [0.25, 0.3) is 0 Å². The lowest BCUT2D eigenvalue weighted by Gasteiger charge is -2.57. The molecule has 4 aliphatic carbocycles. The second-order valence-electron chi connectivity index (χ2n) is 12.1. The number of hydrogen-bond donors (Lipinski definition) is 1. The molecule has 4 aliphatic rings. The summed E-state index contributed by atoms with van der Waals surface area (Å²) in [5, 5.41) is 3.37. The van der Waals surface area contributed by atoms with E-state index in [0.29, 0.717) is 21.3 Å². The number of hydrogen-bond acceptors (Lipinski definition) is 4. The summed E-state index contributed by atoms with van der Waals surface area (Å²) in [7, 11) is -2.31. The highest BCUT2D eigenvalue weighted by Crippen LogP contribution is 2.60. The van der Waals surface area contributed by atoms with E-state index in [0.717, 1.165) is 28.3 Å². The average Bonchev–Trinajstić information content (AvgIpc) is 2.89. The van der Waals surface area contributed by atoms with E-state index in [-0.39, 0.29) is 17.9 Å². The maximum Gasteiger partial charge on any atom is 0.244 e. The first kappa shape index (κ1) is 29.2. The highest BCUT2D eigenvalue weighted by Gasteiger charge is 2.51. The number of carbonyl (C=O) groups is 2. The van der Waals surface area contributed by atoms with Crippen LogP contribution in [0.15, 0.2) is 42.5 Å². The Labute approximate surface area is 247 Å². The Hall–Kier alpha value is -2.29. The zero-order valence-electron chi connectivity index (χ0n) is 23.2. The second-order valence-corrected chi connectivity index (χ2v) is 14.8. The number of carbonyl (C=O) groups excluding carboxylic acids is 2. The Morgan fingerprint density at radius 2 is 1.57 bits per heavy atom. The Kier molecular flexibility index (Phi) is 8.16. The number of nitrogens with zero attached hydrogens (tertiary/aromatic N) is 2. The number of sulfonamides is 1. The highest BCUT2D eigenvalue weighted by molar-refractivity contribution is 7.92. The molecular weight excluding hydrogens is 569 g/mol. The summed E-state index contributed by atoms with van der Waals surface area (Å²) >= 11 is 12.4. The van der Waals surface area contributed by atoms with Crippen molar-refractivity contribution in [3.63, 3.8) is 0 Å². The molecule has 2 aromatic rings. The lowest BCUT2D eigenvalue weighted by Crippen LogP contribution is -2.50. The van der Waals surface area contributed by atoms with Crippen molar-refractivity contribution in [1.82, 2.24) is 10.2 Å². The van der Waals surface area contributed by atoms with Gasteiger partial charge in [0.1, 0.15) is 12.6 Å². The van der Waals surface area contributed by atoms with Crippen LogP contribution in [-0.4, -0.2) is 51.0 Å². The van der Waals surface area contributed by atoms with E-state index in [1.54, 1.807) is 25.1 Å². The molecular formula is C30H37Cl2N3O4S. The first-order valence-electron chi connectivity index (χ1n) is 13.9. The molecule has 10 heteroatoms. The molecule has 1 atom stereocenters. The van der Waals surface area contributed by atoms with Crippen molar-refractivity contribution in [2.24, 2.45) is 17.8 Å². The van der Waals surface area contributed by atoms with Crippen molar-refractivity contribution < 1.29 is 18.0 Å². The molecule has 216 valence electrons. The molecule has 1 N–H and O–H groups in total. The Balaban J connectivity index is 1.40. The van der Waals surface area contributed by atoms with Gasteiger partial charge < -0.3 is 10.2 Å². The molecule has 0 saturated heterocycles. The van der Waals surface area contributed by atoms with Crippen LogP contribution in [-0.2, 0) is 31.6 Å². The molecule has 0 spiro atoms. The zero-order valence-corrected chi connectivity index (χ0v) is 25.5. The number of halogens is 2. The van der Waals surface area contributed by atoms with Crippen molar-refractivity contribution in [2.75, 3.05) is 24.2 Å². The highest BCUT2D eigenvalue weighted by atomic mass is 35.5. The van der Waals surface area contributed by atoms with Gasteiger partial charge in [0.05, 0.1) is 11.9 Å². The van der Waals surface area contributed by atoms with Crippen LogP contribution in [0.25, 0.3) is 0 Å². The number of rotatable bonds is 9. The summed E-state index contributed by atoms with van der Waals surface area (Å²) in [5.74, 6) is 1.53. The SMILES string of the molecule is CNC(=O)[C@H](C)N(Cc1ccc(Cl)cc1Cl)C(=O)CN(c1ccc(C23CC4CC(CC(C4)C2)C3)cc1)S(C)(=O)=O. The van der Waals surface area contributed by atoms with Gasteiger partial charge in [-0.1, -0.05) is 41.4 Å². The molecule has 7 nitrogen and oxygen atoms in total. The number of nitrogens with one attached hydrogen (secondary N) is 1. The molecule has 0 unspecified atom stereocenters. The average molecular weight is 607 g/mol.